The van der Waals surface area contributed by atoms with Crippen molar-refractivity contribution < 1.29 is 0 Å². The standard InChI is InChI=1S/C21H22BrClN2/c1-5-25-20-11-19(23)15(10-18(20)14(2)12-21(25,3)4)13-24-17-8-6-16(22)7-9-17/h6-13H,5H2,1-4H3. The van der Waals surface area contributed by atoms with Gasteiger partial charge in [0.25, 0.3) is 0 Å². The molecular formula is C21H22BrClN2. The minimum atomic E-state index is -0.0117. The lowest BCUT2D eigenvalue weighted by atomic mass is 9.88. The molecule has 3 rings (SSSR count). The molecule has 4 heteroatoms. The van der Waals surface area contributed by atoms with E-state index in [4.69, 9.17) is 11.6 Å². The third kappa shape index (κ3) is 3.68. The van der Waals surface area contributed by atoms with Crippen molar-refractivity contribution >= 4 is 50.7 Å². The van der Waals surface area contributed by atoms with E-state index in [1.165, 1.54) is 16.8 Å². The second-order valence-electron chi connectivity index (χ2n) is 6.85. The quantitative estimate of drug-likeness (QED) is 0.497. The Morgan fingerprint density at radius 2 is 1.88 bits per heavy atom. The molecule has 2 nitrogen and oxygen atoms in total. The molecule has 0 saturated carbocycles. The molecule has 0 unspecified atom stereocenters. The molecule has 0 amide bonds. The summed E-state index contributed by atoms with van der Waals surface area (Å²) in [6.45, 7) is 9.75. The monoisotopic (exact) mass is 416 g/mol. The number of benzene rings is 2. The minimum Gasteiger partial charge on any atom is -0.363 e. The van der Waals surface area contributed by atoms with E-state index in [0.717, 1.165) is 27.3 Å². The van der Waals surface area contributed by atoms with Crippen LogP contribution < -0.4 is 4.90 Å². The highest BCUT2D eigenvalue weighted by molar-refractivity contribution is 9.10. The number of halogens is 2. The molecule has 2 aromatic rings. The number of rotatable bonds is 3. The Hall–Kier alpha value is -1.58. The summed E-state index contributed by atoms with van der Waals surface area (Å²) in [6.07, 6.45) is 4.16. The van der Waals surface area contributed by atoms with Crippen LogP contribution in [0.25, 0.3) is 5.57 Å². The lowest BCUT2D eigenvalue weighted by molar-refractivity contribution is 0.566. The average Bonchev–Trinajstić information content (AvgIpc) is 2.54. The molecule has 0 spiro atoms. The first-order valence-electron chi connectivity index (χ1n) is 8.42. The number of hydrogen-bond donors (Lipinski definition) is 0. The van der Waals surface area contributed by atoms with E-state index in [1.54, 1.807) is 0 Å². The minimum absolute atomic E-state index is 0.0117. The Morgan fingerprint density at radius 3 is 2.52 bits per heavy atom. The third-order valence-electron chi connectivity index (χ3n) is 4.59. The van der Waals surface area contributed by atoms with Crippen molar-refractivity contribution in [3.63, 3.8) is 0 Å². The largest absolute Gasteiger partial charge is 0.363 e. The van der Waals surface area contributed by atoms with Crippen molar-refractivity contribution in [2.24, 2.45) is 4.99 Å². The maximum absolute atomic E-state index is 6.57. The fourth-order valence-corrected chi connectivity index (χ4v) is 3.93. The molecule has 0 N–H and O–H groups in total. The first-order chi connectivity index (χ1) is 11.8. The molecule has 1 heterocycles. The second-order valence-corrected chi connectivity index (χ2v) is 8.17. The molecule has 0 fully saturated rings. The molecule has 0 radical (unpaired) electrons. The van der Waals surface area contributed by atoms with Crippen LogP contribution in [0.15, 0.2) is 51.9 Å². The molecular weight excluding hydrogens is 396 g/mol. The number of hydrogen-bond acceptors (Lipinski definition) is 2. The Morgan fingerprint density at radius 1 is 1.20 bits per heavy atom. The highest BCUT2D eigenvalue weighted by atomic mass is 79.9. The molecule has 0 bridgehead atoms. The van der Waals surface area contributed by atoms with Crippen LogP contribution in [-0.4, -0.2) is 18.3 Å². The van der Waals surface area contributed by atoms with Crippen molar-refractivity contribution in [3.05, 3.63) is 63.1 Å². The SMILES string of the molecule is CCN1c2cc(Cl)c(C=Nc3ccc(Br)cc3)cc2C(C)=CC1(C)C. The molecule has 130 valence electrons. The number of anilines is 1. The van der Waals surface area contributed by atoms with Gasteiger partial charge in [0.1, 0.15) is 0 Å². The van der Waals surface area contributed by atoms with Gasteiger partial charge in [0.2, 0.25) is 0 Å². The summed E-state index contributed by atoms with van der Waals surface area (Å²) >= 11 is 10.0. The molecule has 0 aliphatic carbocycles. The fourth-order valence-electron chi connectivity index (χ4n) is 3.46. The molecule has 0 saturated heterocycles. The fraction of sp³-hybridized carbons (Fsp3) is 0.286. The van der Waals surface area contributed by atoms with Gasteiger partial charge in [-0.1, -0.05) is 33.6 Å². The molecule has 0 aromatic heterocycles. The summed E-state index contributed by atoms with van der Waals surface area (Å²) < 4.78 is 1.04. The van der Waals surface area contributed by atoms with Crippen LogP contribution in [0.2, 0.25) is 5.02 Å². The van der Waals surface area contributed by atoms with Crippen molar-refractivity contribution in [3.8, 4) is 0 Å². The molecule has 2 aromatic carbocycles. The van der Waals surface area contributed by atoms with Crippen LogP contribution in [0.5, 0.6) is 0 Å². The Kier molecular flexibility index (Phi) is 5.08. The Bertz CT molecular complexity index is 851. The van der Waals surface area contributed by atoms with Gasteiger partial charge in [-0.2, -0.15) is 0 Å². The summed E-state index contributed by atoms with van der Waals surface area (Å²) in [6, 6.07) is 12.1. The van der Waals surface area contributed by atoms with E-state index < -0.39 is 0 Å². The van der Waals surface area contributed by atoms with Crippen molar-refractivity contribution in [2.45, 2.75) is 33.2 Å². The van der Waals surface area contributed by atoms with Gasteiger partial charge in [0.15, 0.2) is 0 Å². The summed E-state index contributed by atoms with van der Waals surface area (Å²) in [5.74, 6) is 0. The van der Waals surface area contributed by atoms with E-state index in [0.29, 0.717) is 0 Å². The number of aliphatic imine (C=N–C) groups is 1. The zero-order valence-corrected chi connectivity index (χ0v) is 17.3. The van der Waals surface area contributed by atoms with Gasteiger partial charge in [-0.3, -0.25) is 4.99 Å². The Balaban J connectivity index is 2.02. The zero-order chi connectivity index (χ0) is 18.2. The zero-order valence-electron chi connectivity index (χ0n) is 15.0. The molecule has 1 aliphatic rings. The first-order valence-corrected chi connectivity index (χ1v) is 9.59. The Labute approximate surface area is 163 Å². The predicted octanol–water partition coefficient (Wildman–Crippen LogP) is 6.87. The van der Waals surface area contributed by atoms with Crippen LogP contribution in [0.4, 0.5) is 11.4 Å². The molecule has 1 aliphatic heterocycles. The van der Waals surface area contributed by atoms with Gasteiger partial charge < -0.3 is 4.90 Å². The maximum Gasteiger partial charge on any atom is 0.0630 e. The van der Waals surface area contributed by atoms with Crippen LogP contribution in [0.1, 0.15) is 38.8 Å². The topological polar surface area (TPSA) is 15.6 Å². The number of allylic oxidation sites excluding steroid dienone is 1. The number of nitrogens with zero attached hydrogens (tertiary/aromatic N) is 2. The van der Waals surface area contributed by atoms with E-state index in [-0.39, 0.29) is 5.54 Å². The lowest BCUT2D eigenvalue weighted by Crippen LogP contribution is -2.44. The first kappa shape index (κ1) is 18.2. The van der Waals surface area contributed by atoms with E-state index in [1.807, 2.05) is 30.5 Å². The number of fused-ring (bicyclic) bond motifs is 1. The van der Waals surface area contributed by atoms with Crippen molar-refractivity contribution in [1.29, 1.82) is 0 Å². The predicted molar refractivity (Wildman–Crippen MR) is 114 cm³/mol. The summed E-state index contributed by atoms with van der Waals surface area (Å²) in [5.41, 5.74) is 5.52. The van der Waals surface area contributed by atoms with E-state index in [2.05, 4.69) is 71.7 Å². The van der Waals surface area contributed by atoms with Gasteiger partial charge in [-0.15, -0.1) is 0 Å². The van der Waals surface area contributed by atoms with Gasteiger partial charge in [-0.05, 0) is 69.7 Å². The second kappa shape index (κ2) is 6.97. The molecule has 25 heavy (non-hydrogen) atoms. The van der Waals surface area contributed by atoms with Crippen LogP contribution in [0, 0.1) is 0 Å². The van der Waals surface area contributed by atoms with Gasteiger partial charge in [0, 0.05) is 34.0 Å². The lowest BCUT2D eigenvalue weighted by Gasteiger charge is -2.43. The summed E-state index contributed by atoms with van der Waals surface area (Å²) in [7, 11) is 0. The van der Waals surface area contributed by atoms with E-state index >= 15 is 0 Å². The van der Waals surface area contributed by atoms with Gasteiger partial charge in [-0.25, -0.2) is 0 Å². The normalized spacial score (nSPS) is 16.1. The highest BCUT2D eigenvalue weighted by Crippen LogP contribution is 2.41. The van der Waals surface area contributed by atoms with Crippen LogP contribution in [-0.2, 0) is 0 Å². The van der Waals surface area contributed by atoms with E-state index in [9.17, 15) is 0 Å². The third-order valence-corrected chi connectivity index (χ3v) is 5.45. The highest BCUT2D eigenvalue weighted by Gasteiger charge is 2.30. The van der Waals surface area contributed by atoms with Gasteiger partial charge >= 0.3 is 0 Å². The van der Waals surface area contributed by atoms with Crippen LogP contribution in [0.3, 0.4) is 0 Å². The van der Waals surface area contributed by atoms with Crippen LogP contribution >= 0.6 is 27.5 Å². The van der Waals surface area contributed by atoms with Crippen molar-refractivity contribution in [1.82, 2.24) is 0 Å². The van der Waals surface area contributed by atoms with Gasteiger partial charge in [0.05, 0.1) is 16.2 Å². The van der Waals surface area contributed by atoms with Crippen molar-refractivity contribution in [2.75, 3.05) is 11.4 Å². The number of likely N-dealkylation sites (N-methyl/N-ethyl adjacent to an activating group) is 1. The smallest absolute Gasteiger partial charge is 0.0630 e. The average molecular weight is 418 g/mol. The maximum atomic E-state index is 6.57. The molecule has 0 atom stereocenters. The summed E-state index contributed by atoms with van der Waals surface area (Å²) in [5, 5.41) is 0.726. The summed E-state index contributed by atoms with van der Waals surface area (Å²) in [4.78, 5) is 6.94.